The lowest BCUT2D eigenvalue weighted by molar-refractivity contribution is 0.500. The first kappa shape index (κ1) is 11.3. The van der Waals surface area contributed by atoms with Crippen molar-refractivity contribution < 1.29 is 0 Å². The number of nitrogens with zero attached hydrogens (tertiary/aromatic N) is 2. The van der Waals surface area contributed by atoms with Crippen LogP contribution in [0, 0.1) is 0 Å². The maximum Gasteiger partial charge on any atom is 0.261 e. The van der Waals surface area contributed by atoms with Crippen molar-refractivity contribution in [1.82, 2.24) is 9.55 Å². The largest absolute Gasteiger partial charge is 0.399 e. The van der Waals surface area contributed by atoms with E-state index >= 15 is 0 Å². The van der Waals surface area contributed by atoms with E-state index in [1.54, 1.807) is 18.2 Å². The first-order valence-corrected chi connectivity index (χ1v) is 6.55. The highest BCUT2D eigenvalue weighted by molar-refractivity contribution is 5.80. The fourth-order valence-corrected chi connectivity index (χ4v) is 2.61. The molecular weight excluding hydrogens is 226 g/mol. The fourth-order valence-electron chi connectivity index (χ4n) is 2.61. The third kappa shape index (κ3) is 1.88. The van der Waals surface area contributed by atoms with Crippen molar-refractivity contribution in [2.45, 2.75) is 38.6 Å². The molecule has 94 valence electrons. The van der Waals surface area contributed by atoms with E-state index in [1.165, 1.54) is 12.8 Å². The van der Waals surface area contributed by atoms with Gasteiger partial charge in [0.1, 0.15) is 5.82 Å². The van der Waals surface area contributed by atoms with Gasteiger partial charge in [-0.2, -0.15) is 0 Å². The number of fused-ring (bicyclic) bond motifs is 2. The molecule has 0 amide bonds. The van der Waals surface area contributed by atoms with Crippen molar-refractivity contribution in [3.8, 4) is 0 Å². The molecule has 3 rings (SSSR count). The molecule has 4 nitrogen and oxygen atoms in total. The summed E-state index contributed by atoms with van der Waals surface area (Å²) in [6.45, 7) is 0.793. The molecule has 18 heavy (non-hydrogen) atoms. The van der Waals surface area contributed by atoms with Crippen molar-refractivity contribution in [3.63, 3.8) is 0 Å². The Bertz CT molecular complexity index is 645. The number of benzene rings is 1. The Morgan fingerprint density at radius 2 is 2.00 bits per heavy atom. The highest BCUT2D eigenvalue weighted by atomic mass is 16.1. The molecule has 1 aromatic carbocycles. The van der Waals surface area contributed by atoms with Gasteiger partial charge in [0, 0.05) is 18.7 Å². The molecule has 2 aromatic rings. The van der Waals surface area contributed by atoms with Crippen molar-refractivity contribution in [1.29, 1.82) is 0 Å². The minimum atomic E-state index is 0.0805. The summed E-state index contributed by atoms with van der Waals surface area (Å²) < 4.78 is 1.84. The minimum absolute atomic E-state index is 0.0805. The molecule has 0 saturated heterocycles. The van der Waals surface area contributed by atoms with Crippen molar-refractivity contribution in [3.05, 3.63) is 34.4 Å². The van der Waals surface area contributed by atoms with Crippen LogP contribution in [0.5, 0.6) is 0 Å². The van der Waals surface area contributed by atoms with E-state index in [9.17, 15) is 4.79 Å². The Kier molecular flexibility index (Phi) is 2.78. The summed E-state index contributed by atoms with van der Waals surface area (Å²) in [5.74, 6) is 0.915. The van der Waals surface area contributed by atoms with Crippen LogP contribution in [-0.2, 0) is 13.0 Å². The summed E-state index contributed by atoms with van der Waals surface area (Å²) >= 11 is 0. The van der Waals surface area contributed by atoms with Gasteiger partial charge in [0.25, 0.3) is 5.56 Å². The van der Waals surface area contributed by atoms with Crippen LogP contribution < -0.4 is 11.3 Å². The average molecular weight is 243 g/mol. The smallest absolute Gasteiger partial charge is 0.261 e. The highest BCUT2D eigenvalue weighted by Gasteiger charge is 2.12. The van der Waals surface area contributed by atoms with Crippen LogP contribution >= 0.6 is 0 Å². The number of nitrogen functional groups attached to an aromatic ring is 1. The minimum Gasteiger partial charge on any atom is -0.399 e. The summed E-state index contributed by atoms with van der Waals surface area (Å²) in [5, 5.41) is 0.675. The maximum atomic E-state index is 12.4. The molecule has 1 aromatic heterocycles. The second kappa shape index (κ2) is 4.44. The average Bonchev–Trinajstić information content (AvgIpc) is 2.31. The Labute approximate surface area is 105 Å². The zero-order valence-corrected chi connectivity index (χ0v) is 10.4. The van der Waals surface area contributed by atoms with Gasteiger partial charge in [-0.05, 0) is 31.0 Å². The molecule has 2 N–H and O–H groups in total. The van der Waals surface area contributed by atoms with E-state index < -0.39 is 0 Å². The van der Waals surface area contributed by atoms with E-state index in [-0.39, 0.29) is 5.56 Å². The third-order valence-corrected chi connectivity index (χ3v) is 3.59. The van der Waals surface area contributed by atoms with Gasteiger partial charge in [0.2, 0.25) is 0 Å². The lowest BCUT2D eigenvalue weighted by Gasteiger charge is -2.16. The Hall–Kier alpha value is -1.84. The monoisotopic (exact) mass is 243 g/mol. The Morgan fingerprint density at radius 3 is 2.89 bits per heavy atom. The van der Waals surface area contributed by atoms with Gasteiger partial charge in [-0.1, -0.05) is 12.8 Å². The highest BCUT2D eigenvalue weighted by Crippen LogP contribution is 2.16. The van der Waals surface area contributed by atoms with Crippen LogP contribution in [0.4, 0.5) is 5.69 Å². The molecule has 0 atom stereocenters. The van der Waals surface area contributed by atoms with Crippen molar-refractivity contribution in [2.75, 3.05) is 5.73 Å². The number of hydrogen-bond donors (Lipinski definition) is 1. The number of hydrogen-bond acceptors (Lipinski definition) is 3. The summed E-state index contributed by atoms with van der Waals surface area (Å²) in [7, 11) is 0. The number of aryl methyl sites for hydroxylation is 1. The SMILES string of the molecule is Nc1ccc2c(=O)n3c(nc2c1)CCCCCC3. The van der Waals surface area contributed by atoms with Gasteiger partial charge < -0.3 is 5.73 Å². The third-order valence-electron chi connectivity index (χ3n) is 3.59. The molecular formula is C14H17N3O. The van der Waals surface area contributed by atoms with Gasteiger partial charge in [0.15, 0.2) is 0 Å². The summed E-state index contributed by atoms with van der Waals surface area (Å²) in [5.41, 5.74) is 7.22. The number of rotatable bonds is 0. The van der Waals surface area contributed by atoms with Gasteiger partial charge in [-0.25, -0.2) is 4.98 Å². The number of nitrogens with two attached hydrogens (primary N) is 1. The molecule has 0 bridgehead atoms. The molecule has 1 aliphatic rings. The van der Waals surface area contributed by atoms with Crippen LogP contribution in [0.2, 0.25) is 0 Å². The van der Waals surface area contributed by atoms with E-state index in [2.05, 4.69) is 4.98 Å². The zero-order chi connectivity index (χ0) is 12.5. The molecule has 0 saturated carbocycles. The van der Waals surface area contributed by atoms with E-state index in [0.29, 0.717) is 11.1 Å². The lowest BCUT2D eigenvalue weighted by atomic mass is 10.1. The zero-order valence-electron chi connectivity index (χ0n) is 10.4. The molecule has 0 spiro atoms. The first-order chi connectivity index (χ1) is 8.75. The molecule has 2 heterocycles. The van der Waals surface area contributed by atoms with Crippen LogP contribution in [0.1, 0.15) is 31.5 Å². The van der Waals surface area contributed by atoms with Gasteiger partial charge >= 0.3 is 0 Å². The standard InChI is InChI=1S/C14H17N3O/c15-10-6-7-11-12(9-10)16-13-5-3-1-2-4-8-17(13)14(11)18/h6-7,9H,1-5,8,15H2. The van der Waals surface area contributed by atoms with Gasteiger partial charge in [0.05, 0.1) is 10.9 Å². The molecule has 4 heteroatoms. The molecule has 1 aliphatic heterocycles. The first-order valence-electron chi connectivity index (χ1n) is 6.55. The Balaban J connectivity index is 2.26. The predicted octanol–water partition coefficient (Wildman–Crippen LogP) is 2.10. The molecule has 0 unspecified atom stereocenters. The van der Waals surface area contributed by atoms with Crippen LogP contribution in [0.15, 0.2) is 23.0 Å². The van der Waals surface area contributed by atoms with Gasteiger partial charge in [-0.15, -0.1) is 0 Å². The Morgan fingerprint density at radius 1 is 1.17 bits per heavy atom. The summed E-state index contributed by atoms with van der Waals surface area (Å²) in [6, 6.07) is 5.34. The maximum absolute atomic E-state index is 12.4. The van der Waals surface area contributed by atoms with Crippen LogP contribution in [-0.4, -0.2) is 9.55 Å². The molecule has 0 aliphatic carbocycles. The van der Waals surface area contributed by atoms with Gasteiger partial charge in [-0.3, -0.25) is 9.36 Å². The second-order valence-corrected chi connectivity index (χ2v) is 4.93. The predicted molar refractivity (Wildman–Crippen MR) is 72.6 cm³/mol. The topological polar surface area (TPSA) is 60.9 Å². The van der Waals surface area contributed by atoms with Crippen LogP contribution in [0.3, 0.4) is 0 Å². The lowest BCUT2D eigenvalue weighted by Crippen LogP contribution is -2.26. The van der Waals surface area contributed by atoms with Crippen molar-refractivity contribution >= 4 is 16.6 Å². The van der Waals surface area contributed by atoms with E-state index in [4.69, 9.17) is 5.73 Å². The van der Waals surface area contributed by atoms with E-state index in [0.717, 1.165) is 37.1 Å². The fraction of sp³-hybridized carbons (Fsp3) is 0.429. The number of aromatic nitrogens is 2. The summed E-state index contributed by atoms with van der Waals surface area (Å²) in [6.07, 6.45) is 5.49. The van der Waals surface area contributed by atoms with Crippen LogP contribution in [0.25, 0.3) is 10.9 Å². The quantitative estimate of drug-likeness (QED) is 0.721. The number of anilines is 1. The molecule has 0 radical (unpaired) electrons. The summed E-state index contributed by atoms with van der Waals surface area (Å²) in [4.78, 5) is 17.1. The molecule has 0 fully saturated rings. The van der Waals surface area contributed by atoms with E-state index in [1.807, 2.05) is 4.57 Å². The van der Waals surface area contributed by atoms with Crippen molar-refractivity contribution in [2.24, 2.45) is 0 Å². The normalized spacial score (nSPS) is 16.0. The second-order valence-electron chi connectivity index (χ2n) is 4.93.